The Hall–Kier alpha value is -3.13. The molecule has 2 N–H and O–H groups in total. The number of carbonyl (C=O) groups excluding carboxylic acids is 1. The molecule has 1 fully saturated rings. The van der Waals surface area contributed by atoms with Crippen LogP contribution in [0.5, 0.6) is 11.5 Å². The highest BCUT2D eigenvalue weighted by molar-refractivity contribution is 7.80. The van der Waals surface area contributed by atoms with Gasteiger partial charge in [0.2, 0.25) is 0 Å². The Balaban J connectivity index is 1.74. The Labute approximate surface area is 186 Å². The molecule has 1 aliphatic carbocycles. The van der Waals surface area contributed by atoms with Gasteiger partial charge in [0, 0.05) is 17.8 Å². The molecular formula is C23H24FN3O3S. The molecule has 0 spiro atoms. The smallest absolute Gasteiger partial charge is 0.255 e. The third kappa shape index (κ3) is 4.20. The molecule has 0 radical (unpaired) electrons. The maximum atomic E-state index is 13.5. The number of nitrogens with one attached hydrogen (secondary N) is 2. The first-order chi connectivity index (χ1) is 14.9. The van der Waals surface area contributed by atoms with Crippen LogP contribution in [0.1, 0.15) is 31.4 Å². The Morgan fingerprint density at radius 1 is 1.16 bits per heavy atom. The monoisotopic (exact) mass is 441 g/mol. The van der Waals surface area contributed by atoms with Gasteiger partial charge in [-0.1, -0.05) is 12.1 Å². The van der Waals surface area contributed by atoms with E-state index in [9.17, 15) is 9.18 Å². The van der Waals surface area contributed by atoms with E-state index in [1.807, 2.05) is 11.8 Å². The molecule has 1 atom stereocenters. The van der Waals surface area contributed by atoms with Gasteiger partial charge in [-0.15, -0.1) is 0 Å². The highest BCUT2D eigenvalue weighted by Gasteiger charge is 2.40. The zero-order chi connectivity index (χ0) is 22.1. The molecule has 8 heteroatoms. The van der Waals surface area contributed by atoms with Crippen molar-refractivity contribution in [1.29, 1.82) is 0 Å². The number of anilines is 1. The van der Waals surface area contributed by atoms with Crippen LogP contribution in [-0.4, -0.2) is 36.2 Å². The summed E-state index contributed by atoms with van der Waals surface area (Å²) >= 11 is 5.60. The van der Waals surface area contributed by atoms with Crippen molar-refractivity contribution < 1.29 is 18.7 Å². The molecule has 2 aromatic rings. The zero-order valence-corrected chi connectivity index (χ0v) is 18.4. The van der Waals surface area contributed by atoms with E-state index in [4.69, 9.17) is 21.7 Å². The average molecular weight is 442 g/mol. The second-order valence-corrected chi connectivity index (χ2v) is 7.94. The largest absolute Gasteiger partial charge is 0.497 e. The van der Waals surface area contributed by atoms with Gasteiger partial charge in [-0.3, -0.25) is 4.79 Å². The Morgan fingerprint density at radius 3 is 2.48 bits per heavy atom. The summed E-state index contributed by atoms with van der Waals surface area (Å²) in [5, 5.41) is 6.81. The van der Waals surface area contributed by atoms with Gasteiger partial charge in [0.05, 0.1) is 31.5 Å². The summed E-state index contributed by atoms with van der Waals surface area (Å²) in [5.74, 6) is 0.483. The Morgan fingerprint density at radius 2 is 1.87 bits per heavy atom. The molecule has 0 aromatic heterocycles. The lowest BCUT2D eigenvalue weighted by Crippen LogP contribution is -2.49. The van der Waals surface area contributed by atoms with Gasteiger partial charge in [-0.25, -0.2) is 4.39 Å². The lowest BCUT2D eigenvalue weighted by atomic mass is 9.94. The summed E-state index contributed by atoms with van der Waals surface area (Å²) in [5.41, 5.74) is 2.56. The second-order valence-electron chi connectivity index (χ2n) is 7.55. The topological polar surface area (TPSA) is 62.8 Å². The Bertz CT molecular complexity index is 1050. The molecule has 0 saturated heterocycles. The third-order valence-electron chi connectivity index (χ3n) is 5.54. The molecule has 6 nitrogen and oxygen atoms in total. The number of benzene rings is 2. The van der Waals surface area contributed by atoms with Crippen molar-refractivity contribution in [2.24, 2.45) is 0 Å². The number of thiocarbonyl (C=S) groups is 1. The number of nitrogens with zero attached hydrogens (tertiary/aromatic N) is 1. The van der Waals surface area contributed by atoms with Crippen LogP contribution in [0.15, 0.2) is 53.7 Å². The molecule has 31 heavy (non-hydrogen) atoms. The van der Waals surface area contributed by atoms with E-state index in [0.29, 0.717) is 33.9 Å². The number of amides is 1. The van der Waals surface area contributed by atoms with Crippen LogP contribution < -0.4 is 20.1 Å². The molecule has 1 unspecified atom stereocenters. The van der Waals surface area contributed by atoms with Gasteiger partial charge in [-0.05, 0) is 61.8 Å². The maximum Gasteiger partial charge on any atom is 0.255 e. The lowest BCUT2D eigenvalue weighted by Gasteiger charge is -2.38. The molecule has 1 heterocycles. The molecule has 1 saturated carbocycles. The van der Waals surface area contributed by atoms with Gasteiger partial charge in [0.25, 0.3) is 5.91 Å². The quantitative estimate of drug-likeness (QED) is 0.657. The average Bonchev–Trinajstić information content (AvgIpc) is 3.58. The number of halogens is 1. The van der Waals surface area contributed by atoms with Crippen LogP contribution in [-0.2, 0) is 4.79 Å². The number of methoxy groups -OCH3 is 2. The third-order valence-corrected chi connectivity index (χ3v) is 5.86. The number of hydrogen-bond donors (Lipinski definition) is 2. The van der Waals surface area contributed by atoms with Crippen LogP contribution in [0.25, 0.3) is 0 Å². The lowest BCUT2D eigenvalue weighted by molar-refractivity contribution is -0.113. The predicted molar refractivity (Wildman–Crippen MR) is 121 cm³/mol. The van der Waals surface area contributed by atoms with Crippen LogP contribution in [0, 0.1) is 5.82 Å². The summed E-state index contributed by atoms with van der Waals surface area (Å²) in [4.78, 5) is 15.5. The first-order valence-electron chi connectivity index (χ1n) is 10.0. The highest BCUT2D eigenvalue weighted by Crippen LogP contribution is 2.38. The maximum absolute atomic E-state index is 13.5. The van der Waals surface area contributed by atoms with E-state index in [1.54, 1.807) is 44.6 Å². The fraction of sp³-hybridized carbons (Fsp3) is 0.304. The second kappa shape index (κ2) is 8.55. The van der Waals surface area contributed by atoms with Crippen molar-refractivity contribution in [3.8, 4) is 11.5 Å². The molecule has 2 aromatic carbocycles. The molecule has 0 bridgehead atoms. The minimum Gasteiger partial charge on any atom is -0.497 e. The van der Waals surface area contributed by atoms with Crippen molar-refractivity contribution >= 4 is 28.9 Å². The van der Waals surface area contributed by atoms with Crippen molar-refractivity contribution in [2.75, 3.05) is 19.5 Å². The van der Waals surface area contributed by atoms with Gasteiger partial charge in [-0.2, -0.15) is 0 Å². The van der Waals surface area contributed by atoms with E-state index < -0.39 is 6.04 Å². The van der Waals surface area contributed by atoms with Gasteiger partial charge >= 0.3 is 0 Å². The molecule has 4 rings (SSSR count). The summed E-state index contributed by atoms with van der Waals surface area (Å²) in [6, 6.07) is 11.1. The number of ether oxygens (including phenoxy) is 2. The predicted octanol–water partition coefficient (Wildman–Crippen LogP) is 4.15. The van der Waals surface area contributed by atoms with Crippen LogP contribution in [0.2, 0.25) is 0 Å². The summed E-state index contributed by atoms with van der Waals surface area (Å²) in [6.45, 7) is 1.90. The Kier molecular flexibility index (Phi) is 5.82. The van der Waals surface area contributed by atoms with Crippen LogP contribution in [0.4, 0.5) is 10.1 Å². The SMILES string of the molecule is COc1ccc(OC)c(NC(=O)C2=C(C)N(C3CC3)C(=S)NC2c2ccc(F)cc2)c1. The molecular weight excluding hydrogens is 417 g/mol. The summed E-state index contributed by atoms with van der Waals surface area (Å²) in [7, 11) is 3.10. The van der Waals surface area contributed by atoms with Crippen LogP contribution >= 0.6 is 12.2 Å². The number of carbonyl (C=O) groups is 1. The van der Waals surface area contributed by atoms with Crippen molar-refractivity contribution in [3.05, 3.63) is 65.1 Å². The molecule has 2 aliphatic rings. The number of allylic oxidation sites excluding steroid dienone is 1. The summed E-state index contributed by atoms with van der Waals surface area (Å²) in [6.07, 6.45) is 2.05. The van der Waals surface area contributed by atoms with Gasteiger partial charge in [0.15, 0.2) is 5.11 Å². The highest BCUT2D eigenvalue weighted by atomic mass is 32.1. The van der Waals surface area contributed by atoms with Gasteiger partial charge < -0.3 is 25.0 Å². The minimum atomic E-state index is -0.500. The molecule has 1 aliphatic heterocycles. The first-order valence-corrected chi connectivity index (χ1v) is 10.4. The number of rotatable bonds is 6. The fourth-order valence-corrected chi connectivity index (χ4v) is 4.23. The molecule has 162 valence electrons. The fourth-order valence-electron chi connectivity index (χ4n) is 3.83. The van der Waals surface area contributed by atoms with E-state index in [0.717, 1.165) is 24.1 Å². The normalized spacial score (nSPS) is 18.5. The summed E-state index contributed by atoms with van der Waals surface area (Å²) < 4.78 is 24.2. The van der Waals surface area contributed by atoms with E-state index in [-0.39, 0.29) is 11.7 Å². The zero-order valence-electron chi connectivity index (χ0n) is 17.6. The van der Waals surface area contributed by atoms with Crippen molar-refractivity contribution in [1.82, 2.24) is 10.2 Å². The van der Waals surface area contributed by atoms with E-state index in [1.165, 1.54) is 12.1 Å². The van der Waals surface area contributed by atoms with Crippen molar-refractivity contribution in [3.63, 3.8) is 0 Å². The first kappa shape index (κ1) is 21.1. The standard InChI is InChI=1S/C23H24FN3O3S/c1-13-20(22(28)25-18-12-17(29-2)10-11-19(18)30-3)21(14-4-6-15(24)7-5-14)26-23(31)27(13)16-8-9-16/h4-7,10-12,16,21H,8-9H2,1-3H3,(H,25,28)(H,26,31). The van der Waals surface area contributed by atoms with Crippen LogP contribution in [0.3, 0.4) is 0 Å². The molecule has 1 amide bonds. The minimum absolute atomic E-state index is 0.293. The van der Waals surface area contributed by atoms with Gasteiger partial charge in [0.1, 0.15) is 17.3 Å². The number of hydrogen-bond acceptors (Lipinski definition) is 4. The van der Waals surface area contributed by atoms with Crippen molar-refractivity contribution in [2.45, 2.75) is 31.8 Å². The van der Waals surface area contributed by atoms with E-state index >= 15 is 0 Å². The van der Waals surface area contributed by atoms with E-state index in [2.05, 4.69) is 10.6 Å².